The predicted octanol–water partition coefficient (Wildman–Crippen LogP) is 2.52. The molecule has 8 nitrogen and oxygen atoms in total. The summed E-state index contributed by atoms with van der Waals surface area (Å²) in [4.78, 5) is 16.3. The van der Waals surface area contributed by atoms with Crippen molar-refractivity contribution in [2.75, 3.05) is 5.32 Å². The van der Waals surface area contributed by atoms with Gasteiger partial charge in [-0.05, 0) is 42.0 Å². The first-order chi connectivity index (χ1) is 14.7. The highest BCUT2D eigenvalue weighted by molar-refractivity contribution is 5.76. The number of carbonyl (C=O) groups is 1. The van der Waals surface area contributed by atoms with Crippen LogP contribution in [0.2, 0.25) is 0 Å². The summed E-state index contributed by atoms with van der Waals surface area (Å²) in [6.45, 7) is 0.891. The molecule has 0 aliphatic heterocycles. The van der Waals surface area contributed by atoms with Crippen LogP contribution in [-0.4, -0.2) is 30.7 Å². The van der Waals surface area contributed by atoms with Crippen LogP contribution in [0, 0.1) is 5.82 Å². The Hall–Kier alpha value is -3.88. The maximum Gasteiger partial charge on any atom is 0.220 e. The molecule has 1 aromatic carbocycles. The summed E-state index contributed by atoms with van der Waals surface area (Å²) in [5, 5.41) is 18.8. The number of aromatic nitrogens is 5. The number of nitrogens with one attached hydrogen (secondary N) is 2. The number of carbonyl (C=O) groups excluding carboxylic acids is 1. The third kappa shape index (κ3) is 4.93. The zero-order chi connectivity index (χ0) is 20.8. The summed E-state index contributed by atoms with van der Waals surface area (Å²) in [5.74, 6) is 0.871. The number of rotatable bonds is 8. The predicted molar refractivity (Wildman–Crippen MR) is 109 cm³/mol. The highest BCUT2D eigenvalue weighted by Crippen LogP contribution is 2.11. The summed E-state index contributed by atoms with van der Waals surface area (Å²) in [7, 11) is 0. The molecular weight excluding hydrogens is 385 g/mol. The van der Waals surface area contributed by atoms with Crippen molar-refractivity contribution in [2.24, 2.45) is 0 Å². The van der Waals surface area contributed by atoms with Gasteiger partial charge in [-0.2, -0.15) is 4.52 Å². The van der Waals surface area contributed by atoms with Crippen molar-refractivity contribution in [2.45, 2.75) is 25.9 Å². The van der Waals surface area contributed by atoms with Crippen molar-refractivity contribution in [3.63, 3.8) is 0 Å². The number of fused-ring (bicyclic) bond motifs is 1. The average Bonchev–Trinajstić information content (AvgIpc) is 3.19. The van der Waals surface area contributed by atoms with Crippen molar-refractivity contribution in [1.82, 2.24) is 30.1 Å². The zero-order valence-electron chi connectivity index (χ0n) is 16.1. The number of benzene rings is 1. The molecule has 3 heterocycles. The van der Waals surface area contributed by atoms with E-state index in [9.17, 15) is 9.18 Å². The third-order valence-corrected chi connectivity index (χ3v) is 4.48. The highest BCUT2D eigenvalue weighted by atomic mass is 19.1. The number of nitrogens with zero attached hydrogens (tertiary/aromatic N) is 5. The molecule has 0 saturated carbocycles. The van der Waals surface area contributed by atoms with Crippen LogP contribution in [0.1, 0.15) is 23.5 Å². The first kappa shape index (κ1) is 19.4. The molecule has 0 saturated heterocycles. The minimum absolute atomic E-state index is 0.0945. The van der Waals surface area contributed by atoms with Gasteiger partial charge in [-0.15, -0.1) is 15.3 Å². The fourth-order valence-electron chi connectivity index (χ4n) is 2.88. The third-order valence-electron chi connectivity index (χ3n) is 4.48. The minimum atomic E-state index is -0.267. The molecular formula is C21H20FN7O. The Bertz CT molecular complexity index is 1130. The van der Waals surface area contributed by atoms with Gasteiger partial charge in [0, 0.05) is 25.6 Å². The van der Waals surface area contributed by atoms with E-state index in [1.807, 2.05) is 18.2 Å². The molecule has 0 aliphatic rings. The van der Waals surface area contributed by atoms with Gasteiger partial charge in [0.15, 0.2) is 11.5 Å². The standard InChI is InChI=1S/C21H20FN7O/c22-16-6-4-15(5-7-16)13-24-18-8-9-19-26-27-20(29(19)28-18)10-11-21(30)25-14-17-3-1-2-12-23-17/h1-9,12H,10-11,13-14H2,(H,24,28)(H,25,30). The number of amides is 1. The molecule has 0 unspecified atom stereocenters. The van der Waals surface area contributed by atoms with Crippen molar-refractivity contribution in [3.05, 3.63) is 83.7 Å². The Morgan fingerprint density at radius 1 is 1.00 bits per heavy atom. The van der Waals surface area contributed by atoms with Crippen LogP contribution in [0.25, 0.3) is 5.65 Å². The Morgan fingerprint density at radius 3 is 2.67 bits per heavy atom. The number of anilines is 1. The van der Waals surface area contributed by atoms with Crippen molar-refractivity contribution in [3.8, 4) is 0 Å². The van der Waals surface area contributed by atoms with Crippen molar-refractivity contribution < 1.29 is 9.18 Å². The molecule has 1 amide bonds. The van der Waals surface area contributed by atoms with E-state index < -0.39 is 0 Å². The molecule has 0 aliphatic carbocycles. The quantitative estimate of drug-likeness (QED) is 0.468. The van der Waals surface area contributed by atoms with E-state index in [2.05, 4.69) is 30.9 Å². The summed E-state index contributed by atoms with van der Waals surface area (Å²) in [6.07, 6.45) is 2.36. The van der Waals surface area contributed by atoms with Gasteiger partial charge < -0.3 is 10.6 Å². The monoisotopic (exact) mass is 405 g/mol. The molecule has 0 spiro atoms. The fraction of sp³-hybridized carbons (Fsp3) is 0.190. The molecule has 3 aromatic heterocycles. The van der Waals surface area contributed by atoms with E-state index in [1.165, 1.54) is 12.1 Å². The number of aryl methyl sites for hydroxylation is 1. The van der Waals surface area contributed by atoms with Gasteiger partial charge in [0.1, 0.15) is 11.6 Å². The van der Waals surface area contributed by atoms with Crippen LogP contribution in [0.5, 0.6) is 0 Å². The van der Waals surface area contributed by atoms with E-state index in [0.717, 1.165) is 11.3 Å². The molecule has 0 bridgehead atoms. The molecule has 4 rings (SSSR count). The first-order valence-electron chi connectivity index (χ1n) is 9.53. The lowest BCUT2D eigenvalue weighted by molar-refractivity contribution is -0.121. The highest BCUT2D eigenvalue weighted by Gasteiger charge is 2.10. The average molecular weight is 405 g/mol. The zero-order valence-corrected chi connectivity index (χ0v) is 16.1. The molecule has 2 N–H and O–H groups in total. The second-order valence-electron chi connectivity index (χ2n) is 6.68. The second-order valence-corrected chi connectivity index (χ2v) is 6.68. The molecule has 0 fully saturated rings. The molecule has 9 heteroatoms. The lowest BCUT2D eigenvalue weighted by Crippen LogP contribution is -2.23. The van der Waals surface area contributed by atoms with Crippen LogP contribution in [0.4, 0.5) is 10.2 Å². The van der Waals surface area contributed by atoms with Gasteiger partial charge in [-0.3, -0.25) is 9.78 Å². The summed E-state index contributed by atoms with van der Waals surface area (Å²) >= 11 is 0. The number of halogens is 1. The van der Waals surface area contributed by atoms with Crippen LogP contribution in [0.15, 0.2) is 60.8 Å². The molecule has 30 heavy (non-hydrogen) atoms. The number of pyridine rings is 1. The topological polar surface area (TPSA) is 97.1 Å². The SMILES string of the molecule is O=C(CCc1nnc2ccc(NCc3ccc(F)cc3)nn12)NCc1ccccn1. The first-order valence-corrected chi connectivity index (χ1v) is 9.53. The van der Waals surface area contributed by atoms with E-state index in [1.54, 1.807) is 35.0 Å². The van der Waals surface area contributed by atoms with E-state index in [-0.39, 0.29) is 18.1 Å². The Balaban J connectivity index is 1.35. The molecule has 0 atom stereocenters. The maximum absolute atomic E-state index is 13.0. The summed E-state index contributed by atoms with van der Waals surface area (Å²) in [5.41, 5.74) is 2.34. The fourth-order valence-corrected chi connectivity index (χ4v) is 2.88. The van der Waals surface area contributed by atoms with Gasteiger partial charge in [0.25, 0.3) is 0 Å². The van der Waals surface area contributed by atoms with E-state index in [0.29, 0.717) is 36.8 Å². The van der Waals surface area contributed by atoms with Gasteiger partial charge in [-0.1, -0.05) is 18.2 Å². The van der Waals surface area contributed by atoms with Gasteiger partial charge in [0.05, 0.1) is 12.2 Å². The van der Waals surface area contributed by atoms with Gasteiger partial charge in [-0.25, -0.2) is 4.39 Å². The molecule has 152 valence electrons. The van der Waals surface area contributed by atoms with Crippen LogP contribution < -0.4 is 10.6 Å². The smallest absolute Gasteiger partial charge is 0.220 e. The van der Waals surface area contributed by atoms with Crippen LogP contribution in [0.3, 0.4) is 0 Å². The van der Waals surface area contributed by atoms with Crippen molar-refractivity contribution >= 4 is 17.4 Å². The maximum atomic E-state index is 13.0. The van der Waals surface area contributed by atoms with Crippen LogP contribution >= 0.6 is 0 Å². The Kier molecular flexibility index (Phi) is 5.88. The summed E-state index contributed by atoms with van der Waals surface area (Å²) < 4.78 is 14.6. The van der Waals surface area contributed by atoms with E-state index >= 15 is 0 Å². The number of hydrogen-bond acceptors (Lipinski definition) is 6. The normalized spacial score (nSPS) is 10.8. The van der Waals surface area contributed by atoms with Gasteiger partial charge >= 0.3 is 0 Å². The van der Waals surface area contributed by atoms with E-state index in [4.69, 9.17) is 0 Å². The summed E-state index contributed by atoms with van der Waals surface area (Å²) in [6, 6.07) is 15.4. The van der Waals surface area contributed by atoms with Gasteiger partial charge in [0.2, 0.25) is 5.91 Å². The lowest BCUT2D eigenvalue weighted by Gasteiger charge is -2.07. The number of hydrogen-bond donors (Lipinski definition) is 2. The van der Waals surface area contributed by atoms with Crippen molar-refractivity contribution in [1.29, 1.82) is 0 Å². The Morgan fingerprint density at radius 2 is 1.87 bits per heavy atom. The minimum Gasteiger partial charge on any atom is -0.365 e. The second kappa shape index (κ2) is 9.08. The lowest BCUT2D eigenvalue weighted by atomic mass is 10.2. The van der Waals surface area contributed by atoms with Crippen LogP contribution in [-0.2, 0) is 24.3 Å². The Labute approximate surface area is 172 Å². The molecule has 4 aromatic rings. The molecule has 0 radical (unpaired) electrons. The largest absolute Gasteiger partial charge is 0.365 e.